The lowest BCUT2D eigenvalue weighted by atomic mass is 9.97. The molecule has 1 aliphatic rings. The van der Waals surface area contributed by atoms with E-state index >= 15 is 0 Å². The maximum atomic E-state index is 13.7. The molecule has 1 aliphatic carbocycles. The summed E-state index contributed by atoms with van der Waals surface area (Å²) in [6.07, 6.45) is 8.07. The molecule has 0 saturated carbocycles. The Labute approximate surface area is 219 Å². The molecule has 0 radical (unpaired) electrons. The van der Waals surface area contributed by atoms with Crippen LogP contribution in [0, 0.1) is 0 Å². The summed E-state index contributed by atoms with van der Waals surface area (Å²) in [6.45, 7) is 0.872. The Balaban J connectivity index is 1.60. The van der Waals surface area contributed by atoms with Crippen LogP contribution in [-0.2, 0) is 22.6 Å². The first-order valence-electron chi connectivity index (χ1n) is 12.7. The molecular weight excluding hydrogens is 468 g/mol. The normalized spacial score (nSPS) is 14.0. The second kappa shape index (κ2) is 13.1. The summed E-state index contributed by atoms with van der Waals surface area (Å²) < 4.78 is 0. The molecule has 5 heteroatoms. The van der Waals surface area contributed by atoms with Crippen molar-refractivity contribution < 1.29 is 9.59 Å². The Hall–Kier alpha value is -3.37. The minimum Gasteiger partial charge on any atom is -0.354 e. The third-order valence-corrected chi connectivity index (χ3v) is 6.84. The van der Waals surface area contributed by atoms with E-state index in [9.17, 15) is 9.59 Å². The molecule has 3 aromatic carbocycles. The maximum absolute atomic E-state index is 13.7. The lowest BCUT2D eigenvalue weighted by Gasteiger charge is -2.32. The molecular formula is C31H33ClN2O2. The van der Waals surface area contributed by atoms with Gasteiger partial charge < -0.3 is 10.2 Å². The van der Waals surface area contributed by atoms with Crippen LogP contribution in [-0.4, -0.2) is 23.3 Å². The molecule has 0 unspecified atom stereocenters. The second-order valence-electron chi connectivity index (χ2n) is 9.27. The fourth-order valence-electron chi connectivity index (χ4n) is 4.66. The zero-order valence-electron chi connectivity index (χ0n) is 20.5. The molecule has 4 rings (SSSR count). The number of amides is 2. The molecule has 1 atom stereocenters. The van der Waals surface area contributed by atoms with E-state index in [4.69, 9.17) is 11.6 Å². The standard InChI is InChI=1S/C31H33ClN2O2/c32-28-18-16-26(17-19-28)23-34(29(35)22-25-12-6-2-7-13-25)30(27-14-8-3-9-15-27)31(36)33-21-20-24-10-4-1-5-11-24/h2-3,6-10,12-19,30H,1,4-5,11,20-23H2,(H,33,36)/t30-/m0/s1. The summed E-state index contributed by atoms with van der Waals surface area (Å²) in [4.78, 5) is 29.1. The van der Waals surface area contributed by atoms with Crippen molar-refractivity contribution in [3.63, 3.8) is 0 Å². The van der Waals surface area contributed by atoms with Crippen LogP contribution in [0.3, 0.4) is 0 Å². The zero-order chi connectivity index (χ0) is 25.2. The van der Waals surface area contributed by atoms with Crippen molar-refractivity contribution >= 4 is 23.4 Å². The van der Waals surface area contributed by atoms with Crippen molar-refractivity contribution in [1.82, 2.24) is 10.2 Å². The molecule has 1 N–H and O–H groups in total. The Morgan fingerprint density at radius 2 is 1.56 bits per heavy atom. The predicted octanol–water partition coefficient (Wildman–Crippen LogP) is 6.66. The highest BCUT2D eigenvalue weighted by atomic mass is 35.5. The van der Waals surface area contributed by atoms with Gasteiger partial charge in [0, 0.05) is 18.1 Å². The van der Waals surface area contributed by atoms with E-state index in [1.54, 1.807) is 4.90 Å². The fraction of sp³-hybridized carbons (Fsp3) is 0.290. The van der Waals surface area contributed by atoms with Gasteiger partial charge in [-0.3, -0.25) is 9.59 Å². The van der Waals surface area contributed by atoms with Crippen LogP contribution < -0.4 is 5.32 Å². The van der Waals surface area contributed by atoms with Gasteiger partial charge in [-0.05, 0) is 60.9 Å². The Bertz CT molecular complexity index is 1160. The summed E-state index contributed by atoms with van der Waals surface area (Å²) in [6, 6.07) is 25.9. The van der Waals surface area contributed by atoms with Gasteiger partial charge in [0.1, 0.15) is 6.04 Å². The van der Waals surface area contributed by atoms with E-state index < -0.39 is 6.04 Å². The lowest BCUT2D eigenvalue weighted by Crippen LogP contribution is -2.44. The van der Waals surface area contributed by atoms with Gasteiger partial charge in [-0.15, -0.1) is 0 Å². The highest BCUT2D eigenvalue weighted by molar-refractivity contribution is 6.30. The first-order chi connectivity index (χ1) is 17.6. The molecule has 4 nitrogen and oxygen atoms in total. The van der Waals surface area contributed by atoms with E-state index in [1.165, 1.54) is 18.4 Å². The number of nitrogens with one attached hydrogen (secondary N) is 1. The van der Waals surface area contributed by atoms with Gasteiger partial charge in [0.2, 0.25) is 11.8 Å². The van der Waals surface area contributed by atoms with Gasteiger partial charge in [-0.25, -0.2) is 0 Å². The topological polar surface area (TPSA) is 49.4 Å². The van der Waals surface area contributed by atoms with Gasteiger partial charge in [-0.2, -0.15) is 0 Å². The third-order valence-electron chi connectivity index (χ3n) is 6.59. The molecule has 0 aromatic heterocycles. The number of rotatable bonds is 10. The molecule has 0 saturated heterocycles. The van der Waals surface area contributed by atoms with Crippen molar-refractivity contribution in [2.45, 2.75) is 51.1 Å². The largest absolute Gasteiger partial charge is 0.354 e. The summed E-state index contributed by atoms with van der Waals surface area (Å²) >= 11 is 6.10. The Morgan fingerprint density at radius 3 is 2.22 bits per heavy atom. The minimum absolute atomic E-state index is 0.102. The average molecular weight is 501 g/mol. The molecule has 3 aromatic rings. The number of carbonyl (C=O) groups is 2. The van der Waals surface area contributed by atoms with Crippen molar-refractivity contribution in [3.05, 3.63) is 118 Å². The van der Waals surface area contributed by atoms with Crippen LogP contribution in [0.5, 0.6) is 0 Å². The average Bonchev–Trinajstić information content (AvgIpc) is 2.91. The van der Waals surface area contributed by atoms with Crippen molar-refractivity contribution in [2.24, 2.45) is 0 Å². The molecule has 36 heavy (non-hydrogen) atoms. The van der Waals surface area contributed by atoms with E-state index in [0.29, 0.717) is 18.1 Å². The number of carbonyl (C=O) groups excluding carboxylic acids is 2. The summed E-state index contributed by atoms with van der Waals surface area (Å²) in [5.74, 6) is -0.261. The van der Waals surface area contributed by atoms with Gasteiger partial charge in [0.15, 0.2) is 0 Å². The van der Waals surface area contributed by atoms with E-state index in [1.807, 2.05) is 84.9 Å². The highest BCUT2D eigenvalue weighted by Gasteiger charge is 2.31. The van der Waals surface area contributed by atoms with Gasteiger partial charge in [0.25, 0.3) is 0 Å². The van der Waals surface area contributed by atoms with Crippen molar-refractivity contribution in [2.75, 3.05) is 6.54 Å². The van der Waals surface area contributed by atoms with Crippen LogP contribution in [0.2, 0.25) is 5.02 Å². The van der Waals surface area contributed by atoms with Crippen LogP contribution in [0.25, 0.3) is 0 Å². The van der Waals surface area contributed by atoms with Crippen molar-refractivity contribution in [3.8, 4) is 0 Å². The van der Waals surface area contributed by atoms with Crippen LogP contribution >= 0.6 is 11.6 Å². The fourth-order valence-corrected chi connectivity index (χ4v) is 4.79. The summed E-state index contributed by atoms with van der Waals surface area (Å²) in [5, 5.41) is 3.76. The van der Waals surface area contributed by atoms with E-state index in [0.717, 1.165) is 36.0 Å². The molecule has 0 heterocycles. The third kappa shape index (κ3) is 7.32. The quantitative estimate of drug-likeness (QED) is 0.316. The number of hydrogen-bond donors (Lipinski definition) is 1. The zero-order valence-corrected chi connectivity index (χ0v) is 21.3. The first kappa shape index (κ1) is 25.7. The maximum Gasteiger partial charge on any atom is 0.247 e. The smallest absolute Gasteiger partial charge is 0.247 e. The molecule has 2 amide bonds. The van der Waals surface area contributed by atoms with Crippen LogP contribution in [0.1, 0.15) is 54.8 Å². The molecule has 0 fully saturated rings. The number of nitrogens with zero attached hydrogens (tertiary/aromatic N) is 1. The molecule has 0 bridgehead atoms. The van der Waals surface area contributed by atoms with E-state index in [2.05, 4.69) is 11.4 Å². The minimum atomic E-state index is -0.738. The summed E-state index contributed by atoms with van der Waals surface area (Å²) in [5.41, 5.74) is 4.04. The van der Waals surface area contributed by atoms with Gasteiger partial charge >= 0.3 is 0 Å². The Morgan fingerprint density at radius 1 is 0.861 bits per heavy atom. The number of halogens is 1. The second-order valence-corrected chi connectivity index (χ2v) is 9.71. The SMILES string of the molecule is O=C(NCCC1=CCCCC1)[C@H](c1ccccc1)N(Cc1ccc(Cl)cc1)C(=O)Cc1ccccc1. The van der Waals surface area contributed by atoms with Gasteiger partial charge in [0.05, 0.1) is 6.42 Å². The predicted molar refractivity (Wildman–Crippen MR) is 146 cm³/mol. The van der Waals surface area contributed by atoms with Crippen molar-refractivity contribution in [1.29, 1.82) is 0 Å². The highest BCUT2D eigenvalue weighted by Crippen LogP contribution is 2.26. The molecule has 0 spiro atoms. The Kier molecular flexibility index (Phi) is 9.34. The molecule has 186 valence electrons. The number of hydrogen-bond acceptors (Lipinski definition) is 2. The first-order valence-corrected chi connectivity index (χ1v) is 13.1. The lowest BCUT2D eigenvalue weighted by molar-refractivity contribution is -0.141. The molecule has 0 aliphatic heterocycles. The monoisotopic (exact) mass is 500 g/mol. The van der Waals surface area contributed by atoms with E-state index in [-0.39, 0.29) is 18.2 Å². The van der Waals surface area contributed by atoms with Crippen LogP contribution in [0.15, 0.2) is 96.6 Å². The summed E-state index contributed by atoms with van der Waals surface area (Å²) in [7, 11) is 0. The van der Waals surface area contributed by atoms with Gasteiger partial charge in [-0.1, -0.05) is 96.0 Å². The number of allylic oxidation sites excluding steroid dienone is 1. The van der Waals surface area contributed by atoms with Crippen LogP contribution in [0.4, 0.5) is 0 Å². The number of benzene rings is 3.